The minimum atomic E-state index is -0.801. The van der Waals surface area contributed by atoms with Crippen LogP contribution < -0.4 is 29.1 Å². The first-order valence-corrected chi connectivity index (χ1v) is 16.3. The lowest BCUT2D eigenvalue weighted by atomic mass is 9.93. The molecule has 6 rings (SSSR count). The van der Waals surface area contributed by atoms with E-state index in [9.17, 15) is 14.0 Å². The van der Waals surface area contributed by atoms with Crippen LogP contribution in [-0.2, 0) is 16.1 Å². The second-order valence-electron chi connectivity index (χ2n) is 10.8. The van der Waals surface area contributed by atoms with E-state index >= 15 is 0 Å². The largest absolute Gasteiger partial charge is 0.497 e. The molecule has 0 saturated heterocycles. The lowest BCUT2D eigenvalue weighted by molar-refractivity contribution is -0.138. The number of carbonyl (C=O) groups is 1. The fourth-order valence-electron chi connectivity index (χ4n) is 5.44. The van der Waals surface area contributed by atoms with Crippen LogP contribution in [-0.4, -0.2) is 30.9 Å². The number of hydrogen-bond acceptors (Lipinski definition) is 8. The van der Waals surface area contributed by atoms with Crippen LogP contribution in [0.15, 0.2) is 112 Å². The van der Waals surface area contributed by atoms with Gasteiger partial charge in [0.15, 0.2) is 16.3 Å². The molecule has 1 aliphatic rings. The molecule has 0 amide bonds. The van der Waals surface area contributed by atoms with E-state index in [0.717, 1.165) is 11.1 Å². The standard InChI is InChI=1S/C38H33FN2O6S/c1-4-45-31-21-25(13-20-30(31)47-23-24-11-16-28(39)17-12-24)22-32-36(42)41-35(27-14-18-29(44-3)19-15-27)33(37(43)46-5-2)34(40-38(41)48-32)26-9-7-6-8-10-26/h6-22,35H,4-5,23H2,1-3H3/b32-22-/t35-/m1/s1. The monoisotopic (exact) mass is 664 g/mol. The summed E-state index contributed by atoms with van der Waals surface area (Å²) in [5.41, 5.74) is 3.38. The Labute approximate surface area is 280 Å². The topological polar surface area (TPSA) is 88.4 Å². The number of nitrogens with zero attached hydrogens (tertiary/aromatic N) is 2. The molecule has 0 N–H and O–H groups in total. The van der Waals surface area contributed by atoms with Crippen molar-refractivity contribution in [2.75, 3.05) is 20.3 Å². The summed E-state index contributed by atoms with van der Waals surface area (Å²) in [5.74, 6) is 0.810. The predicted molar refractivity (Wildman–Crippen MR) is 182 cm³/mol. The molecule has 0 spiro atoms. The Morgan fingerprint density at radius 2 is 1.67 bits per heavy atom. The summed E-state index contributed by atoms with van der Waals surface area (Å²) in [7, 11) is 1.58. The third-order valence-corrected chi connectivity index (χ3v) is 8.66. The summed E-state index contributed by atoms with van der Waals surface area (Å²) in [6, 6.07) is 27.4. The predicted octanol–water partition coefficient (Wildman–Crippen LogP) is 6.06. The van der Waals surface area contributed by atoms with Crippen LogP contribution >= 0.6 is 11.3 Å². The van der Waals surface area contributed by atoms with E-state index in [0.29, 0.717) is 50.0 Å². The number of fused-ring (bicyclic) bond motifs is 1. The second kappa shape index (κ2) is 14.5. The molecule has 244 valence electrons. The van der Waals surface area contributed by atoms with Crippen LogP contribution in [0.4, 0.5) is 4.39 Å². The molecule has 1 aromatic heterocycles. The Hall–Kier alpha value is -5.48. The first-order chi connectivity index (χ1) is 23.4. The molecule has 4 aromatic carbocycles. The van der Waals surface area contributed by atoms with Crippen molar-refractivity contribution >= 4 is 29.1 Å². The van der Waals surface area contributed by atoms with Gasteiger partial charge in [-0.1, -0.05) is 72.0 Å². The third kappa shape index (κ3) is 6.79. The molecule has 0 saturated carbocycles. The van der Waals surface area contributed by atoms with E-state index < -0.39 is 12.0 Å². The van der Waals surface area contributed by atoms with Gasteiger partial charge in [-0.3, -0.25) is 9.36 Å². The van der Waals surface area contributed by atoms with E-state index in [1.165, 1.54) is 23.5 Å². The number of thiazole rings is 1. The number of esters is 1. The lowest BCUT2D eigenvalue weighted by Gasteiger charge is -2.26. The van der Waals surface area contributed by atoms with Crippen molar-refractivity contribution in [1.82, 2.24) is 4.57 Å². The van der Waals surface area contributed by atoms with Crippen molar-refractivity contribution in [3.8, 4) is 17.2 Å². The van der Waals surface area contributed by atoms with Crippen molar-refractivity contribution in [3.63, 3.8) is 0 Å². The minimum absolute atomic E-state index is 0.163. The summed E-state index contributed by atoms with van der Waals surface area (Å²) >= 11 is 1.24. The molecule has 0 aliphatic carbocycles. The van der Waals surface area contributed by atoms with E-state index in [2.05, 4.69) is 0 Å². The van der Waals surface area contributed by atoms with E-state index in [1.54, 1.807) is 55.0 Å². The fourth-order valence-corrected chi connectivity index (χ4v) is 6.44. The Bertz CT molecular complexity index is 2140. The van der Waals surface area contributed by atoms with Gasteiger partial charge in [0.1, 0.15) is 18.2 Å². The van der Waals surface area contributed by atoms with Gasteiger partial charge in [-0.25, -0.2) is 14.2 Å². The molecule has 5 aromatic rings. The van der Waals surface area contributed by atoms with Crippen LogP contribution in [0.1, 0.15) is 42.1 Å². The number of aromatic nitrogens is 1. The van der Waals surface area contributed by atoms with Gasteiger partial charge < -0.3 is 18.9 Å². The van der Waals surface area contributed by atoms with Gasteiger partial charge >= 0.3 is 5.97 Å². The van der Waals surface area contributed by atoms with Gasteiger partial charge in [0, 0.05) is 5.56 Å². The highest BCUT2D eigenvalue weighted by Gasteiger charge is 2.35. The maximum atomic E-state index is 14.3. The summed E-state index contributed by atoms with van der Waals surface area (Å²) in [4.78, 5) is 33.3. The quantitative estimate of drug-likeness (QED) is 0.160. The SMILES string of the molecule is CCOC(=O)C1=C(c2ccccc2)N=c2s/c(=C\c3ccc(OCc4ccc(F)cc4)c(OCC)c3)c(=O)n2[C@@H]1c1ccc(OC)cc1. The van der Waals surface area contributed by atoms with Crippen LogP contribution in [0.25, 0.3) is 11.8 Å². The van der Waals surface area contributed by atoms with Crippen LogP contribution in [0, 0.1) is 5.82 Å². The number of rotatable bonds is 11. The molecule has 2 heterocycles. The van der Waals surface area contributed by atoms with E-state index in [1.807, 2.05) is 61.5 Å². The summed E-state index contributed by atoms with van der Waals surface area (Å²) < 4.78 is 38.1. The number of carbonyl (C=O) groups excluding carboxylic acids is 1. The maximum Gasteiger partial charge on any atom is 0.338 e. The van der Waals surface area contributed by atoms with Gasteiger partial charge in [-0.05, 0) is 73.0 Å². The van der Waals surface area contributed by atoms with E-state index in [-0.39, 0.29) is 30.2 Å². The Morgan fingerprint density at radius 1 is 0.917 bits per heavy atom. The van der Waals surface area contributed by atoms with E-state index in [4.69, 9.17) is 23.9 Å². The second-order valence-corrected chi connectivity index (χ2v) is 11.8. The molecule has 0 bridgehead atoms. The van der Waals surface area contributed by atoms with Gasteiger partial charge in [0.25, 0.3) is 5.56 Å². The zero-order chi connectivity index (χ0) is 33.6. The average molecular weight is 665 g/mol. The first-order valence-electron chi connectivity index (χ1n) is 15.5. The summed E-state index contributed by atoms with van der Waals surface area (Å²) in [6.45, 7) is 4.42. The molecular weight excluding hydrogens is 631 g/mol. The van der Waals surface area contributed by atoms with Crippen LogP contribution in [0.3, 0.4) is 0 Å². The molecule has 48 heavy (non-hydrogen) atoms. The van der Waals surface area contributed by atoms with Crippen molar-refractivity contribution in [2.45, 2.75) is 26.5 Å². The lowest BCUT2D eigenvalue weighted by Crippen LogP contribution is -2.40. The summed E-state index contributed by atoms with van der Waals surface area (Å²) in [6.07, 6.45) is 1.78. The van der Waals surface area contributed by atoms with Crippen molar-refractivity contribution in [1.29, 1.82) is 0 Å². The van der Waals surface area contributed by atoms with Crippen molar-refractivity contribution in [3.05, 3.63) is 150 Å². The zero-order valence-electron chi connectivity index (χ0n) is 26.6. The molecule has 8 nitrogen and oxygen atoms in total. The molecule has 0 fully saturated rings. The first kappa shape index (κ1) is 32.5. The number of benzene rings is 4. The zero-order valence-corrected chi connectivity index (χ0v) is 27.5. The molecule has 1 atom stereocenters. The number of hydrogen-bond donors (Lipinski definition) is 0. The molecule has 1 aliphatic heterocycles. The van der Waals surface area contributed by atoms with Crippen molar-refractivity contribution < 1.29 is 28.1 Å². The highest BCUT2D eigenvalue weighted by molar-refractivity contribution is 7.07. The maximum absolute atomic E-state index is 14.3. The minimum Gasteiger partial charge on any atom is -0.497 e. The fraction of sp³-hybridized carbons (Fsp3) is 0.184. The smallest absolute Gasteiger partial charge is 0.338 e. The Morgan fingerprint density at radius 3 is 2.35 bits per heavy atom. The highest BCUT2D eigenvalue weighted by atomic mass is 32.1. The molecular formula is C38H33FN2O6S. The highest BCUT2D eigenvalue weighted by Crippen LogP contribution is 2.36. The summed E-state index contributed by atoms with van der Waals surface area (Å²) in [5, 5.41) is 0. The van der Waals surface area contributed by atoms with Crippen molar-refractivity contribution in [2.24, 2.45) is 4.99 Å². The normalized spacial score (nSPS) is 14.2. The Balaban J connectivity index is 1.47. The van der Waals surface area contributed by atoms with Crippen LogP contribution in [0.2, 0.25) is 0 Å². The van der Waals surface area contributed by atoms with Gasteiger partial charge in [0.05, 0.1) is 42.2 Å². The number of methoxy groups -OCH3 is 1. The molecule has 0 unspecified atom stereocenters. The van der Waals surface area contributed by atoms with Crippen LogP contribution in [0.5, 0.6) is 17.2 Å². The molecule has 0 radical (unpaired) electrons. The average Bonchev–Trinajstić information content (AvgIpc) is 3.42. The Kier molecular flexibility index (Phi) is 9.82. The number of ether oxygens (including phenoxy) is 4. The van der Waals surface area contributed by atoms with Gasteiger partial charge in [-0.15, -0.1) is 0 Å². The van der Waals surface area contributed by atoms with Gasteiger partial charge in [-0.2, -0.15) is 0 Å². The third-order valence-electron chi connectivity index (χ3n) is 7.68. The number of halogens is 1. The van der Waals surface area contributed by atoms with Gasteiger partial charge in [0.2, 0.25) is 0 Å². The molecule has 10 heteroatoms.